The second kappa shape index (κ2) is 4.80. The molecule has 1 heterocycles. The topological polar surface area (TPSA) is 72.6 Å². The van der Waals surface area contributed by atoms with Crippen molar-refractivity contribution in [1.29, 1.82) is 0 Å². The lowest BCUT2D eigenvalue weighted by Crippen LogP contribution is -2.00. The first-order valence-electron chi connectivity index (χ1n) is 4.99. The molecule has 0 aliphatic heterocycles. The van der Waals surface area contributed by atoms with E-state index in [2.05, 4.69) is 4.98 Å². The SMILES string of the molecule is COCc1nc(-c2ccccc2)oc1C(=O)O. The Kier molecular flexibility index (Phi) is 3.20. The molecular formula is C12H11NO4. The van der Waals surface area contributed by atoms with Crippen molar-refractivity contribution in [3.8, 4) is 11.5 Å². The predicted octanol–water partition coefficient (Wildman–Crippen LogP) is 2.19. The molecule has 0 amide bonds. The zero-order chi connectivity index (χ0) is 12.3. The second-order valence-electron chi connectivity index (χ2n) is 3.40. The highest BCUT2D eigenvalue weighted by Crippen LogP contribution is 2.22. The maximum absolute atomic E-state index is 11.0. The average Bonchev–Trinajstić information content (AvgIpc) is 2.75. The van der Waals surface area contributed by atoms with Crippen molar-refractivity contribution in [3.63, 3.8) is 0 Å². The van der Waals surface area contributed by atoms with Gasteiger partial charge in [-0.25, -0.2) is 9.78 Å². The fourth-order valence-electron chi connectivity index (χ4n) is 1.46. The third-order valence-corrected chi connectivity index (χ3v) is 2.19. The number of rotatable bonds is 4. The van der Waals surface area contributed by atoms with Gasteiger partial charge in [0.1, 0.15) is 5.69 Å². The largest absolute Gasteiger partial charge is 0.475 e. The molecule has 0 saturated carbocycles. The van der Waals surface area contributed by atoms with Crippen LogP contribution in [0.5, 0.6) is 0 Å². The Labute approximate surface area is 97.7 Å². The van der Waals surface area contributed by atoms with Crippen LogP contribution < -0.4 is 0 Å². The summed E-state index contributed by atoms with van der Waals surface area (Å²) in [7, 11) is 1.47. The molecule has 0 atom stereocenters. The van der Waals surface area contributed by atoms with E-state index in [1.54, 1.807) is 12.1 Å². The summed E-state index contributed by atoms with van der Waals surface area (Å²) in [5, 5.41) is 8.96. The van der Waals surface area contributed by atoms with E-state index in [1.807, 2.05) is 18.2 Å². The molecule has 0 spiro atoms. The number of aromatic nitrogens is 1. The van der Waals surface area contributed by atoms with E-state index < -0.39 is 5.97 Å². The number of oxazole rings is 1. The first-order chi connectivity index (χ1) is 8.22. The summed E-state index contributed by atoms with van der Waals surface area (Å²) in [6, 6.07) is 9.12. The highest BCUT2D eigenvalue weighted by atomic mass is 16.5. The van der Waals surface area contributed by atoms with Gasteiger partial charge in [0.2, 0.25) is 11.7 Å². The highest BCUT2D eigenvalue weighted by Gasteiger charge is 2.19. The number of aromatic carboxylic acids is 1. The van der Waals surface area contributed by atoms with Gasteiger partial charge in [-0.15, -0.1) is 0 Å². The standard InChI is InChI=1S/C12H11NO4/c1-16-7-9-10(12(14)15)17-11(13-9)8-5-3-2-4-6-8/h2-6H,7H2,1H3,(H,14,15). The first-order valence-corrected chi connectivity index (χ1v) is 4.99. The van der Waals surface area contributed by atoms with Crippen molar-refractivity contribution in [2.24, 2.45) is 0 Å². The van der Waals surface area contributed by atoms with Crippen molar-refractivity contribution >= 4 is 5.97 Å². The van der Waals surface area contributed by atoms with Gasteiger partial charge < -0.3 is 14.3 Å². The van der Waals surface area contributed by atoms with E-state index in [9.17, 15) is 4.79 Å². The number of hydrogen-bond donors (Lipinski definition) is 1. The minimum Gasteiger partial charge on any atom is -0.475 e. The van der Waals surface area contributed by atoms with E-state index >= 15 is 0 Å². The Bertz CT molecular complexity index is 519. The lowest BCUT2D eigenvalue weighted by molar-refractivity contribution is 0.0656. The van der Waals surface area contributed by atoms with Crippen LogP contribution in [0.25, 0.3) is 11.5 Å². The van der Waals surface area contributed by atoms with Crippen LogP contribution in [-0.4, -0.2) is 23.2 Å². The Hall–Kier alpha value is -2.14. The number of hydrogen-bond acceptors (Lipinski definition) is 4. The van der Waals surface area contributed by atoms with E-state index in [1.165, 1.54) is 7.11 Å². The molecule has 0 radical (unpaired) electrons. The fourth-order valence-corrected chi connectivity index (χ4v) is 1.46. The lowest BCUT2D eigenvalue weighted by Gasteiger charge is -1.92. The minimum absolute atomic E-state index is 0.109. The van der Waals surface area contributed by atoms with Gasteiger partial charge in [-0.1, -0.05) is 18.2 Å². The maximum Gasteiger partial charge on any atom is 0.373 e. The number of nitrogens with zero attached hydrogens (tertiary/aromatic N) is 1. The van der Waals surface area contributed by atoms with Crippen molar-refractivity contribution in [3.05, 3.63) is 41.8 Å². The minimum atomic E-state index is -1.15. The van der Waals surface area contributed by atoms with E-state index in [4.69, 9.17) is 14.3 Å². The fraction of sp³-hybridized carbons (Fsp3) is 0.167. The molecule has 5 nitrogen and oxygen atoms in total. The molecule has 1 aromatic carbocycles. The molecule has 0 bridgehead atoms. The molecule has 0 unspecified atom stereocenters. The van der Waals surface area contributed by atoms with Crippen molar-refractivity contribution in [1.82, 2.24) is 4.98 Å². The second-order valence-corrected chi connectivity index (χ2v) is 3.40. The Balaban J connectivity index is 2.44. The van der Waals surface area contributed by atoms with Crippen LogP contribution in [0.3, 0.4) is 0 Å². The summed E-state index contributed by atoms with van der Waals surface area (Å²) < 4.78 is 10.1. The van der Waals surface area contributed by atoms with Gasteiger partial charge in [-0.2, -0.15) is 0 Å². The highest BCUT2D eigenvalue weighted by molar-refractivity contribution is 5.86. The molecule has 2 rings (SSSR count). The molecule has 0 fully saturated rings. The van der Waals surface area contributed by atoms with Crippen LogP contribution in [-0.2, 0) is 11.3 Å². The van der Waals surface area contributed by atoms with Crippen molar-refractivity contribution in [2.45, 2.75) is 6.61 Å². The normalized spacial score (nSPS) is 10.4. The van der Waals surface area contributed by atoms with Gasteiger partial charge in [-0.05, 0) is 12.1 Å². The van der Waals surface area contributed by atoms with Crippen molar-refractivity contribution in [2.75, 3.05) is 7.11 Å². The van der Waals surface area contributed by atoms with Crippen LogP contribution >= 0.6 is 0 Å². The third kappa shape index (κ3) is 2.34. The van der Waals surface area contributed by atoms with Crippen LogP contribution in [0.4, 0.5) is 0 Å². The summed E-state index contributed by atoms with van der Waals surface area (Å²) >= 11 is 0. The van der Waals surface area contributed by atoms with Gasteiger partial charge in [0, 0.05) is 12.7 Å². The number of benzene rings is 1. The van der Waals surface area contributed by atoms with Crippen LogP contribution in [0.2, 0.25) is 0 Å². The molecule has 88 valence electrons. The zero-order valence-electron chi connectivity index (χ0n) is 9.21. The van der Waals surface area contributed by atoms with Crippen molar-refractivity contribution < 1.29 is 19.1 Å². The molecule has 5 heteroatoms. The molecule has 17 heavy (non-hydrogen) atoms. The van der Waals surface area contributed by atoms with Gasteiger partial charge >= 0.3 is 5.97 Å². The molecule has 1 N–H and O–H groups in total. The van der Waals surface area contributed by atoms with Gasteiger partial charge in [0.25, 0.3) is 0 Å². The molecule has 0 saturated heterocycles. The molecule has 0 aliphatic rings. The summed E-state index contributed by atoms with van der Waals surface area (Å²) in [6.45, 7) is 0.109. The zero-order valence-corrected chi connectivity index (χ0v) is 9.21. The lowest BCUT2D eigenvalue weighted by atomic mass is 10.2. The van der Waals surface area contributed by atoms with Gasteiger partial charge in [0.15, 0.2) is 0 Å². The smallest absolute Gasteiger partial charge is 0.373 e. The number of carboxylic acids is 1. The predicted molar refractivity (Wildman–Crippen MR) is 59.6 cm³/mol. The van der Waals surface area contributed by atoms with E-state index in [-0.39, 0.29) is 18.3 Å². The summed E-state index contributed by atoms with van der Waals surface area (Å²) in [4.78, 5) is 15.1. The van der Waals surface area contributed by atoms with Crippen LogP contribution in [0.1, 0.15) is 16.2 Å². The Morgan fingerprint density at radius 1 is 1.41 bits per heavy atom. The van der Waals surface area contributed by atoms with E-state index in [0.717, 1.165) is 5.56 Å². The molecule has 2 aromatic rings. The van der Waals surface area contributed by atoms with Gasteiger partial charge in [-0.3, -0.25) is 0 Å². The third-order valence-electron chi connectivity index (χ3n) is 2.19. The Morgan fingerprint density at radius 3 is 2.71 bits per heavy atom. The summed E-state index contributed by atoms with van der Waals surface area (Å²) in [5.74, 6) is -1.03. The number of methoxy groups -OCH3 is 1. The number of ether oxygens (including phenoxy) is 1. The summed E-state index contributed by atoms with van der Waals surface area (Å²) in [6.07, 6.45) is 0. The number of carbonyl (C=O) groups is 1. The molecular weight excluding hydrogens is 222 g/mol. The van der Waals surface area contributed by atoms with E-state index in [0.29, 0.717) is 5.69 Å². The molecule has 0 aliphatic carbocycles. The monoisotopic (exact) mass is 233 g/mol. The summed E-state index contributed by atoms with van der Waals surface area (Å²) in [5.41, 5.74) is 1.02. The number of carboxylic acid groups (broad SMARTS) is 1. The quantitative estimate of drug-likeness (QED) is 0.876. The van der Waals surface area contributed by atoms with Crippen LogP contribution in [0.15, 0.2) is 34.7 Å². The maximum atomic E-state index is 11.0. The van der Waals surface area contributed by atoms with Gasteiger partial charge in [0.05, 0.1) is 6.61 Å². The first kappa shape index (κ1) is 11.3. The average molecular weight is 233 g/mol. The van der Waals surface area contributed by atoms with Crippen LogP contribution in [0, 0.1) is 0 Å². The molecule has 1 aromatic heterocycles. The Morgan fingerprint density at radius 2 is 2.12 bits per heavy atom.